The molecule has 2 aromatic heterocycles. The molecule has 1 unspecified atom stereocenters. The van der Waals surface area contributed by atoms with Crippen LogP contribution < -0.4 is 15.4 Å². The summed E-state index contributed by atoms with van der Waals surface area (Å²) in [5.74, 6) is 0.980. The summed E-state index contributed by atoms with van der Waals surface area (Å²) in [7, 11) is 1.58. The van der Waals surface area contributed by atoms with Crippen LogP contribution in [0.4, 0.5) is 11.6 Å². The van der Waals surface area contributed by atoms with E-state index in [-0.39, 0.29) is 0 Å². The number of anilines is 2. The van der Waals surface area contributed by atoms with Gasteiger partial charge in [-0.2, -0.15) is 4.98 Å². The highest BCUT2D eigenvalue weighted by atomic mass is 32.1. The minimum atomic E-state index is -0.859. The first-order chi connectivity index (χ1) is 13.1. The van der Waals surface area contributed by atoms with Crippen LogP contribution in [0.5, 0.6) is 5.88 Å². The Balaban J connectivity index is 1.62. The molecule has 0 bridgehead atoms. The number of benzene rings is 1. The zero-order chi connectivity index (χ0) is 18.9. The van der Waals surface area contributed by atoms with Crippen LogP contribution in [0.15, 0.2) is 36.7 Å². The van der Waals surface area contributed by atoms with Crippen LogP contribution in [0.25, 0.3) is 10.4 Å². The number of nitrogens with zero attached hydrogens (tertiary/aromatic N) is 3. The predicted molar refractivity (Wildman–Crippen MR) is 106 cm³/mol. The number of hydrogen-bond donors (Lipinski definition) is 3. The maximum atomic E-state index is 10.7. The summed E-state index contributed by atoms with van der Waals surface area (Å²) in [5.41, 5.74) is 2.17. The van der Waals surface area contributed by atoms with Gasteiger partial charge in [-0.25, -0.2) is 9.97 Å². The van der Waals surface area contributed by atoms with Crippen molar-refractivity contribution in [1.29, 1.82) is 0 Å². The van der Waals surface area contributed by atoms with Gasteiger partial charge >= 0.3 is 0 Å². The molecule has 0 amide bonds. The lowest BCUT2D eigenvalue weighted by Crippen LogP contribution is -2.27. The molecule has 1 aromatic carbocycles. The summed E-state index contributed by atoms with van der Waals surface area (Å²) in [6, 6.07) is 7.87. The highest BCUT2D eigenvalue weighted by Gasteiger charge is 2.36. The lowest BCUT2D eigenvalue weighted by atomic mass is 10.1. The van der Waals surface area contributed by atoms with Crippen molar-refractivity contribution in [3.8, 4) is 16.3 Å². The number of rotatable bonds is 5. The number of aromatic nitrogens is 3. The first-order valence-corrected chi connectivity index (χ1v) is 9.53. The van der Waals surface area contributed by atoms with Crippen LogP contribution in [0, 0.1) is 6.92 Å². The first-order valence-electron chi connectivity index (χ1n) is 8.71. The highest BCUT2D eigenvalue weighted by Crippen LogP contribution is 2.36. The Bertz CT molecular complexity index is 953. The number of aryl methyl sites for hydroxylation is 1. The zero-order valence-corrected chi connectivity index (χ0v) is 16.0. The van der Waals surface area contributed by atoms with E-state index in [9.17, 15) is 5.11 Å². The number of ether oxygens (including phenoxy) is 1. The smallest absolute Gasteiger partial charge is 0.230 e. The molecular weight excluding hydrogens is 362 g/mol. The van der Waals surface area contributed by atoms with Crippen molar-refractivity contribution >= 4 is 23.0 Å². The van der Waals surface area contributed by atoms with Crippen LogP contribution in [0.2, 0.25) is 0 Å². The molecule has 3 N–H and O–H groups in total. The second kappa shape index (κ2) is 7.22. The van der Waals surface area contributed by atoms with E-state index in [0.29, 0.717) is 24.8 Å². The monoisotopic (exact) mass is 383 g/mol. The molecular formula is C19H21N5O2S. The minimum absolute atomic E-state index is 0.474. The van der Waals surface area contributed by atoms with Crippen molar-refractivity contribution in [2.75, 3.05) is 25.5 Å². The lowest BCUT2D eigenvalue weighted by molar-refractivity contribution is 0.0584. The molecule has 27 heavy (non-hydrogen) atoms. The molecule has 8 heteroatoms. The van der Waals surface area contributed by atoms with Gasteiger partial charge < -0.3 is 20.5 Å². The maximum Gasteiger partial charge on any atom is 0.230 e. The quantitative estimate of drug-likeness (QED) is 0.624. The molecule has 3 heterocycles. The van der Waals surface area contributed by atoms with Crippen molar-refractivity contribution in [3.63, 3.8) is 0 Å². The fourth-order valence-electron chi connectivity index (χ4n) is 3.13. The second-order valence-corrected chi connectivity index (χ2v) is 7.65. The largest absolute Gasteiger partial charge is 0.481 e. The van der Waals surface area contributed by atoms with Gasteiger partial charge in [0.25, 0.3) is 0 Å². The average Bonchev–Trinajstić information content (AvgIpc) is 3.31. The van der Waals surface area contributed by atoms with Gasteiger partial charge in [0.05, 0.1) is 12.0 Å². The van der Waals surface area contributed by atoms with Gasteiger partial charge in [0.1, 0.15) is 10.6 Å². The number of nitrogens with one attached hydrogen (secondary N) is 2. The second-order valence-electron chi connectivity index (χ2n) is 6.62. The topological polar surface area (TPSA) is 92.2 Å². The van der Waals surface area contributed by atoms with Gasteiger partial charge in [-0.3, -0.25) is 0 Å². The molecule has 1 fully saturated rings. The summed E-state index contributed by atoms with van der Waals surface area (Å²) in [5, 5.41) is 17.9. The Morgan fingerprint density at radius 1 is 1.30 bits per heavy atom. The lowest BCUT2D eigenvalue weighted by Gasteiger charge is -2.17. The number of hydrogen-bond acceptors (Lipinski definition) is 8. The summed E-state index contributed by atoms with van der Waals surface area (Å²) < 4.78 is 5.14. The van der Waals surface area contributed by atoms with Crippen LogP contribution in [-0.4, -0.2) is 40.3 Å². The fraction of sp³-hybridized carbons (Fsp3) is 0.316. The molecule has 4 rings (SSSR count). The van der Waals surface area contributed by atoms with E-state index in [4.69, 9.17) is 4.74 Å². The molecule has 0 radical (unpaired) electrons. The van der Waals surface area contributed by atoms with Crippen molar-refractivity contribution in [1.82, 2.24) is 20.3 Å². The van der Waals surface area contributed by atoms with E-state index in [2.05, 4.69) is 31.7 Å². The number of methoxy groups -OCH3 is 1. The normalized spacial score (nSPS) is 19.2. The van der Waals surface area contributed by atoms with Gasteiger partial charge in [0.2, 0.25) is 11.8 Å². The molecule has 140 valence electrons. The molecule has 1 saturated heterocycles. The molecule has 1 aliphatic rings. The number of aliphatic hydroxyl groups is 1. The van der Waals surface area contributed by atoms with E-state index >= 15 is 0 Å². The number of β-amino-alcohol motifs (C(OH)–C–C–N with tert-alkyl or cyclic N) is 1. The molecule has 7 nitrogen and oxygen atoms in total. The van der Waals surface area contributed by atoms with Crippen LogP contribution in [0.3, 0.4) is 0 Å². The molecule has 0 saturated carbocycles. The van der Waals surface area contributed by atoms with Gasteiger partial charge in [0.15, 0.2) is 0 Å². The maximum absolute atomic E-state index is 10.7. The first kappa shape index (κ1) is 17.8. The SMILES string of the molecule is COc1ccnc(Nc2cc(C)cc(-c3cnc(C4(O)CCNC4)s3)c2)n1. The summed E-state index contributed by atoms with van der Waals surface area (Å²) >= 11 is 1.53. The third-order valence-electron chi connectivity index (χ3n) is 4.49. The Morgan fingerprint density at radius 2 is 2.19 bits per heavy atom. The average molecular weight is 383 g/mol. The highest BCUT2D eigenvalue weighted by molar-refractivity contribution is 7.15. The van der Waals surface area contributed by atoms with Crippen molar-refractivity contribution in [2.24, 2.45) is 0 Å². The predicted octanol–water partition coefficient (Wildman–Crippen LogP) is 2.84. The summed E-state index contributed by atoms with van der Waals surface area (Å²) in [6.45, 7) is 3.40. The van der Waals surface area contributed by atoms with E-state index in [1.807, 2.05) is 25.3 Å². The van der Waals surface area contributed by atoms with Crippen molar-refractivity contribution < 1.29 is 9.84 Å². The van der Waals surface area contributed by atoms with E-state index in [1.165, 1.54) is 11.3 Å². The van der Waals surface area contributed by atoms with Gasteiger partial charge in [0, 0.05) is 30.7 Å². The number of thiazole rings is 1. The van der Waals surface area contributed by atoms with Gasteiger partial charge in [-0.05, 0) is 43.1 Å². The van der Waals surface area contributed by atoms with E-state index in [1.54, 1.807) is 19.4 Å². The fourth-order valence-corrected chi connectivity index (χ4v) is 4.15. The van der Waals surface area contributed by atoms with Crippen LogP contribution in [-0.2, 0) is 5.60 Å². The van der Waals surface area contributed by atoms with Crippen LogP contribution in [0.1, 0.15) is 17.0 Å². The molecule has 0 aliphatic carbocycles. The zero-order valence-electron chi connectivity index (χ0n) is 15.2. The van der Waals surface area contributed by atoms with Crippen molar-refractivity contribution in [3.05, 3.63) is 47.2 Å². The van der Waals surface area contributed by atoms with E-state index < -0.39 is 5.60 Å². The third kappa shape index (κ3) is 3.78. The Hall–Kier alpha value is -2.55. The van der Waals surface area contributed by atoms with Crippen LogP contribution >= 0.6 is 11.3 Å². The third-order valence-corrected chi connectivity index (χ3v) is 5.73. The molecule has 1 atom stereocenters. The summed E-state index contributed by atoms with van der Waals surface area (Å²) in [6.07, 6.45) is 4.17. The minimum Gasteiger partial charge on any atom is -0.481 e. The Labute approximate surface area is 161 Å². The van der Waals surface area contributed by atoms with Gasteiger partial charge in [-0.1, -0.05) is 6.07 Å². The van der Waals surface area contributed by atoms with Gasteiger partial charge in [-0.15, -0.1) is 11.3 Å². The van der Waals surface area contributed by atoms with E-state index in [0.717, 1.165) is 33.2 Å². The summed E-state index contributed by atoms with van der Waals surface area (Å²) in [4.78, 5) is 14.0. The Kier molecular flexibility index (Phi) is 4.77. The Morgan fingerprint density at radius 3 is 2.96 bits per heavy atom. The van der Waals surface area contributed by atoms with Crippen molar-refractivity contribution in [2.45, 2.75) is 18.9 Å². The molecule has 3 aromatic rings. The molecule has 1 aliphatic heterocycles. The standard InChI is InChI=1S/C19H21N5O2S/c1-12-7-13(15-10-22-17(27-15)19(25)4-6-20-11-19)9-14(8-12)23-18-21-5-3-16(24-18)26-2/h3,5,7-10,20,25H,4,6,11H2,1-2H3,(H,21,23,24). The molecule has 0 spiro atoms.